The normalized spacial score (nSPS) is 15.2. The number of unbranched alkanes of at least 4 members (excludes halogenated alkanes) is 2. The van der Waals surface area contributed by atoms with Gasteiger partial charge in [0.1, 0.15) is 35.0 Å². The van der Waals surface area contributed by atoms with Crippen molar-refractivity contribution in [3.05, 3.63) is 65.6 Å². The minimum atomic E-state index is -0.435. The zero-order chi connectivity index (χ0) is 33.5. The molecule has 2 aromatic heterocycles. The van der Waals surface area contributed by atoms with Gasteiger partial charge in [-0.15, -0.1) is 12.3 Å². The van der Waals surface area contributed by atoms with E-state index in [-0.39, 0.29) is 51.4 Å². The molecule has 0 fully saturated rings. The zero-order valence-electron chi connectivity index (χ0n) is 29.0. The van der Waals surface area contributed by atoms with E-state index in [1.807, 2.05) is 39.1 Å². The first-order valence-electron chi connectivity index (χ1n) is 16.0. The van der Waals surface area contributed by atoms with Crippen LogP contribution < -0.4 is 66.3 Å². The molecule has 2 aliphatic heterocycles. The number of anilines is 3. The number of hydrogen-bond acceptors (Lipinski definition) is 9. The summed E-state index contributed by atoms with van der Waals surface area (Å²) in [6, 6.07) is 5.27. The fourth-order valence-corrected chi connectivity index (χ4v) is 5.18. The molecule has 4 heterocycles. The fraction of sp³-hybridized carbons (Fsp3) is 0.444. The minimum absolute atomic E-state index is 0. The third-order valence-electron chi connectivity index (χ3n) is 7.54. The van der Waals surface area contributed by atoms with Gasteiger partial charge in [0.15, 0.2) is 5.82 Å². The number of fused-ring (bicyclic) bond motifs is 2. The number of aromatic nitrogens is 3. The van der Waals surface area contributed by atoms with Crippen molar-refractivity contribution in [3.8, 4) is 18.1 Å². The predicted octanol–water partition coefficient (Wildman–Crippen LogP) is 5.09. The number of ether oxygens (including phenoxy) is 1. The van der Waals surface area contributed by atoms with Gasteiger partial charge in [0.25, 0.3) is 0 Å². The molecule has 11 heteroatoms. The first-order chi connectivity index (χ1) is 22.4. The number of halogens is 1. The average molecular weight is 684 g/mol. The van der Waals surface area contributed by atoms with E-state index in [2.05, 4.69) is 63.7 Å². The number of aryl methyl sites for hydroxylation is 2. The molecule has 0 aliphatic carbocycles. The average Bonchev–Trinajstić information content (AvgIpc) is 3.22. The number of nitrogens with zero attached hydrogens (tertiary/aromatic N) is 6. The molecule has 8 nitrogen and oxygen atoms in total. The monoisotopic (exact) mass is 683 g/mol. The van der Waals surface area contributed by atoms with Crippen LogP contribution in [0.4, 0.5) is 21.7 Å². The Morgan fingerprint density at radius 2 is 1.98 bits per heavy atom. The molecular weight excluding hydrogens is 637 g/mol. The SMILES string of the molecule is C#CCC.C/C=N\N1C=CC(Oc2cc(F)c(Nc3ncnc4cc5c(nc34)N(CCCCC)CC(C)CC5)cc2C)=CC1.C[S-].[K+]. The van der Waals surface area contributed by atoms with Crippen LogP contribution in [-0.2, 0) is 19.0 Å². The second kappa shape index (κ2) is 21.5. The molecular formula is C36H47FKN7OS. The van der Waals surface area contributed by atoms with Crippen molar-refractivity contribution in [1.29, 1.82) is 0 Å². The van der Waals surface area contributed by atoms with Gasteiger partial charge in [-0.1, -0.05) is 33.6 Å². The molecule has 47 heavy (non-hydrogen) atoms. The molecule has 1 unspecified atom stereocenters. The summed E-state index contributed by atoms with van der Waals surface area (Å²) in [6.45, 7) is 12.8. The molecule has 1 atom stereocenters. The number of terminal acetylenes is 1. The van der Waals surface area contributed by atoms with E-state index in [9.17, 15) is 0 Å². The number of hydrogen-bond donors (Lipinski definition) is 1. The van der Waals surface area contributed by atoms with Crippen LogP contribution in [0.15, 0.2) is 53.7 Å². The van der Waals surface area contributed by atoms with Crippen molar-refractivity contribution in [2.75, 3.05) is 36.1 Å². The molecule has 0 saturated heterocycles. The Morgan fingerprint density at radius 1 is 1.21 bits per heavy atom. The molecule has 3 aromatic rings. The summed E-state index contributed by atoms with van der Waals surface area (Å²) in [5.74, 6) is 5.18. The number of nitrogens with one attached hydrogen (secondary N) is 1. The second-order valence-electron chi connectivity index (χ2n) is 11.2. The van der Waals surface area contributed by atoms with Gasteiger partial charge in [0.05, 0.1) is 17.7 Å². The summed E-state index contributed by atoms with van der Waals surface area (Å²) in [6.07, 6.45) is 21.6. The van der Waals surface area contributed by atoms with E-state index in [1.165, 1.54) is 30.8 Å². The minimum Gasteiger partial charge on any atom is -0.796 e. The topological polar surface area (TPSA) is 78.8 Å². The third kappa shape index (κ3) is 11.9. The van der Waals surface area contributed by atoms with Gasteiger partial charge in [0.2, 0.25) is 0 Å². The zero-order valence-corrected chi connectivity index (χ0v) is 33.0. The van der Waals surface area contributed by atoms with E-state index in [0.29, 0.717) is 41.0 Å². The smallest absolute Gasteiger partial charge is 0.796 e. The van der Waals surface area contributed by atoms with Gasteiger partial charge < -0.3 is 27.6 Å². The Morgan fingerprint density at radius 3 is 2.64 bits per heavy atom. The summed E-state index contributed by atoms with van der Waals surface area (Å²) >= 11 is 4.08. The van der Waals surface area contributed by atoms with Crippen molar-refractivity contribution in [2.45, 2.75) is 73.1 Å². The summed E-state index contributed by atoms with van der Waals surface area (Å²) < 4.78 is 21.3. The molecule has 1 N–H and O–H groups in total. The van der Waals surface area contributed by atoms with Crippen molar-refractivity contribution in [2.24, 2.45) is 11.0 Å². The van der Waals surface area contributed by atoms with Crippen molar-refractivity contribution in [3.63, 3.8) is 0 Å². The standard InChI is InChI=1S/C31H38FN7O.C4H6.CH4S.K/c1-5-7-8-13-38-19-21(3)9-10-23-17-27-29(37-31(23)38)30(34-20-33-27)36-26-16-22(4)28(18-25(26)32)40-24-11-14-39(15-12-24)35-6-2;1-3-4-2;1-2;/h6,11-12,14,16-18,20-21H,5,7-10,13,15,19H2,1-4H3,(H,33,34,36);1H,4H2,2H3;2H,1H3;/q;;;+1/p-1/b35-6-;;;. The first-order valence-corrected chi connectivity index (χ1v) is 16.8. The van der Waals surface area contributed by atoms with Crippen LogP contribution in [-0.4, -0.2) is 52.1 Å². The second-order valence-corrected chi connectivity index (χ2v) is 11.2. The maximum Gasteiger partial charge on any atom is 1.00 e. The van der Waals surface area contributed by atoms with E-state index >= 15 is 4.39 Å². The number of pyridine rings is 1. The summed E-state index contributed by atoms with van der Waals surface area (Å²) in [5, 5.41) is 9.20. The molecule has 5 rings (SSSR count). The maximum absolute atomic E-state index is 15.4. The Labute approximate surface area is 328 Å². The van der Waals surface area contributed by atoms with Crippen LogP contribution in [0, 0.1) is 31.0 Å². The molecule has 246 valence electrons. The third-order valence-corrected chi connectivity index (χ3v) is 7.54. The van der Waals surface area contributed by atoms with Crippen molar-refractivity contribution in [1.82, 2.24) is 20.0 Å². The van der Waals surface area contributed by atoms with Crippen LogP contribution in [0.5, 0.6) is 5.75 Å². The Kier molecular flexibility index (Phi) is 18.6. The first kappa shape index (κ1) is 40.7. The number of allylic oxidation sites excluding steroid dienone is 1. The van der Waals surface area contributed by atoms with Crippen LogP contribution >= 0.6 is 0 Å². The van der Waals surface area contributed by atoms with Gasteiger partial charge in [-0.3, -0.25) is 5.01 Å². The Bertz CT molecular complexity index is 1570. The van der Waals surface area contributed by atoms with Gasteiger partial charge in [-0.2, -0.15) is 11.4 Å². The summed E-state index contributed by atoms with van der Waals surface area (Å²) in [4.78, 5) is 16.5. The largest absolute Gasteiger partial charge is 1.00 e. The molecule has 0 bridgehead atoms. The van der Waals surface area contributed by atoms with Gasteiger partial charge >= 0.3 is 51.4 Å². The summed E-state index contributed by atoms with van der Waals surface area (Å²) in [5.41, 5.74) is 3.73. The van der Waals surface area contributed by atoms with Gasteiger partial charge in [0, 0.05) is 38.0 Å². The predicted molar refractivity (Wildman–Crippen MR) is 192 cm³/mol. The number of rotatable bonds is 9. The van der Waals surface area contributed by atoms with Gasteiger partial charge in [-0.25, -0.2) is 19.3 Å². The fourth-order valence-electron chi connectivity index (χ4n) is 5.18. The molecule has 0 spiro atoms. The van der Waals surface area contributed by atoms with Crippen molar-refractivity contribution < 1.29 is 60.5 Å². The Hall–Kier alpha value is -2.46. The number of hydrazone groups is 1. The molecule has 0 saturated carbocycles. The molecule has 2 aliphatic rings. The van der Waals surface area contributed by atoms with Crippen LogP contribution in [0.25, 0.3) is 11.0 Å². The van der Waals surface area contributed by atoms with E-state index in [4.69, 9.17) is 16.1 Å². The van der Waals surface area contributed by atoms with Gasteiger partial charge in [-0.05, 0) is 74.4 Å². The number of benzene rings is 1. The quantitative estimate of drug-likeness (QED) is 0.110. The van der Waals surface area contributed by atoms with Crippen LogP contribution in [0.2, 0.25) is 0 Å². The van der Waals surface area contributed by atoms with E-state index < -0.39 is 5.82 Å². The molecule has 0 amide bonds. The molecule has 1 aromatic carbocycles. The van der Waals surface area contributed by atoms with E-state index in [0.717, 1.165) is 55.7 Å². The van der Waals surface area contributed by atoms with Crippen molar-refractivity contribution >= 4 is 47.2 Å². The van der Waals surface area contributed by atoms with Crippen LogP contribution in [0.1, 0.15) is 70.9 Å². The molecule has 0 radical (unpaired) electrons. The summed E-state index contributed by atoms with van der Waals surface area (Å²) in [7, 11) is 0. The van der Waals surface area contributed by atoms with E-state index in [1.54, 1.807) is 23.5 Å². The van der Waals surface area contributed by atoms with Crippen LogP contribution in [0.3, 0.4) is 0 Å². The Balaban J connectivity index is 0.00000102. The maximum atomic E-state index is 15.4.